The van der Waals surface area contributed by atoms with Crippen LogP contribution in [0.3, 0.4) is 0 Å². The molecule has 0 spiro atoms. The molecule has 0 fully saturated rings. The van der Waals surface area contributed by atoms with Crippen LogP contribution in [0.5, 0.6) is 0 Å². The highest BCUT2D eigenvalue weighted by molar-refractivity contribution is 9.10. The molecule has 0 unspecified atom stereocenters. The summed E-state index contributed by atoms with van der Waals surface area (Å²) in [7, 11) is 0. The molecule has 102 valence electrons. The van der Waals surface area contributed by atoms with Gasteiger partial charge in [-0.3, -0.25) is 0 Å². The van der Waals surface area contributed by atoms with E-state index >= 15 is 0 Å². The van der Waals surface area contributed by atoms with Crippen molar-refractivity contribution in [2.75, 3.05) is 0 Å². The van der Waals surface area contributed by atoms with Crippen molar-refractivity contribution in [3.05, 3.63) is 39.4 Å². The van der Waals surface area contributed by atoms with Gasteiger partial charge in [-0.15, -0.1) is 11.3 Å². The van der Waals surface area contributed by atoms with E-state index in [1.807, 2.05) is 31.2 Å². The zero-order chi connectivity index (χ0) is 14.1. The van der Waals surface area contributed by atoms with Gasteiger partial charge < -0.3 is 10.3 Å². The van der Waals surface area contributed by atoms with Crippen LogP contribution in [0.1, 0.15) is 10.7 Å². The number of hydrogen-bond donors (Lipinski definition) is 1. The van der Waals surface area contributed by atoms with Gasteiger partial charge in [0.2, 0.25) is 5.82 Å². The van der Waals surface area contributed by atoms with Crippen molar-refractivity contribution in [2.45, 2.75) is 13.5 Å². The lowest BCUT2D eigenvalue weighted by Gasteiger charge is -1.93. The van der Waals surface area contributed by atoms with E-state index in [0.29, 0.717) is 18.3 Å². The highest BCUT2D eigenvalue weighted by Crippen LogP contribution is 2.30. The van der Waals surface area contributed by atoms with Gasteiger partial charge in [-0.1, -0.05) is 21.1 Å². The van der Waals surface area contributed by atoms with Crippen molar-refractivity contribution in [3.8, 4) is 22.2 Å². The minimum atomic E-state index is 0.416. The summed E-state index contributed by atoms with van der Waals surface area (Å²) in [5.74, 6) is 1.05. The molecule has 7 heteroatoms. The van der Waals surface area contributed by atoms with Crippen LogP contribution < -0.4 is 5.73 Å². The highest BCUT2D eigenvalue weighted by atomic mass is 79.9. The summed E-state index contributed by atoms with van der Waals surface area (Å²) in [5, 5.41) is 4.88. The quantitative estimate of drug-likeness (QED) is 0.783. The number of aryl methyl sites for hydroxylation is 1. The van der Waals surface area contributed by atoms with Gasteiger partial charge in [0.05, 0.1) is 5.69 Å². The average molecular weight is 351 g/mol. The second-order valence-corrected chi connectivity index (χ2v) is 6.16. The molecule has 1 aromatic carbocycles. The van der Waals surface area contributed by atoms with Crippen LogP contribution in [-0.4, -0.2) is 15.1 Å². The summed E-state index contributed by atoms with van der Waals surface area (Å²) < 4.78 is 6.34. The second kappa shape index (κ2) is 5.43. The van der Waals surface area contributed by atoms with Gasteiger partial charge in [0.15, 0.2) is 0 Å². The van der Waals surface area contributed by atoms with Crippen LogP contribution in [-0.2, 0) is 6.54 Å². The van der Waals surface area contributed by atoms with E-state index in [9.17, 15) is 0 Å². The molecule has 0 aliphatic heterocycles. The molecule has 0 radical (unpaired) electrons. The van der Waals surface area contributed by atoms with Gasteiger partial charge in [0.1, 0.15) is 9.88 Å². The molecule has 3 aromatic rings. The Morgan fingerprint density at radius 1 is 1.25 bits per heavy atom. The molecule has 2 heterocycles. The summed E-state index contributed by atoms with van der Waals surface area (Å²) in [6.07, 6.45) is 0. The first-order valence-electron chi connectivity index (χ1n) is 5.94. The molecule has 0 atom stereocenters. The Morgan fingerprint density at radius 2 is 2.00 bits per heavy atom. The summed E-state index contributed by atoms with van der Waals surface area (Å²) in [6, 6.07) is 7.75. The van der Waals surface area contributed by atoms with Gasteiger partial charge in [-0.05, 0) is 31.2 Å². The van der Waals surface area contributed by atoms with E-state index < -0.39 is 0 Å². The van der Waals surface area contributed by atoms with E-state index in [1.54, 1.807) is 0 Å². The first-order valence-corrected chi connectivity index (χ1v) is 7.54. The van der Waals surface area contributed by atoms with Crippen molar-refractivity contribution < 1.29 is 4.52 Å². The topological polar surface area (TPSA) is 77.8 Å². The summed E-state index contributed by atoms with van der Waals surface area (Å²) >= 11 is 4.88. The maximum atomic E-state index is 5.60. The lowest BCUT2D eigenvalue weighted by molar-refractivity contribution is 0.433. The molecule has 0 aliphatic rings. The SMILES string of the molecule is Cc1nc(CN)sc1-c1nc(-c2ccc(Br)cc2)no1. The van der Waals surface area contributed by atoms with Crippen LogP contribution in [0, 0.1) is 6.92 Å². The lowest BCUT2D eigenvalue weighted by atomic mass is 10.2. The van der Waals surface area contributed by atoms with Crippen molar-refractivity contribution in [2.24, 2.45) is 5.73 Å². The Morgan fingerprint density at radius 3 is 2.65 bits per heavy atom. The fourth-order valence-electron chi connectivity index (χ4n) is 1.77. The first-order chi connectivity index (χ1) is 9.67. The fraction of sp³-hybridized carbons (Fsp3) is 0.154. The molecule has 0 amide bonds. The monoisotopic (exact) mass is 350 g/mol. The summed E-state index contributed by atoms with van der Waals surface area (Å²) in [5.41, 5.74) is 7.37. The van der Waals surface area contributed by atoms with Crippen molar-refractivity contribution in [3.63, 3.8) is 0 Å². The van der Waals surface area contributed by atoms with E-state index in [2.05, 4.69) is 31.1 Å². The zero-order valence-electron chi connectivity index (χ0n) is 10.6. The molecule has 2 N–H and O–H groups in total. The number of benzene rings is 1. The smallest absolute Gasteiger partial charge is 0.270 e. The number of aromatic nitrogens is 3. The van der Waals surface area contributed by atoms with E-state index in [-0.39, 0.29) is 0 Å². The van der Waals surface area contributed by atoms with E-state index in [1.165, 1.54) is 11.3 Å². The minimum absolute atomic E-state index is 0.416. The van der Waals surface area contributed by atoms with Crippen molar-refractivity contribution in [1.82, 2.24) is 15.1 Å². The highest BCUT2D eigenvalue weighted by Gasteiger charge is 2.16. The number of hydrogen-bond acceptors (Lipinski definition) is 6. The van der Waals surface area contributed by atoms with Gasteiger partial charge >= 0.3 is 0 Å². The van der Waals surface area contributed by atoms with Gasteiger partial charge in [0, 0.05) is 16.6 Å². The van der Waals surface area contributed by atoms with Crippen LogP contribution in [0.15, 0.2) is 33.3 Å². The lowest BCUT2D eigenvalue weighted by Crippen LogP contribution is -1.94. The third-order valence-electron chi connectivity index (χ3n) is 2.74. The molecule has 2 aromatic heterocycles. The predicted molar refractivity (Wildman–Crippen MR) is 81.2 cm³/mol. The summed E-state index contributed by atoms with van der Waals surface area (Å²) in [6.45, 7) is 2.33. The van der Waals surface area contributed by atoms with Crippen LogP contribution in [0.2, 0.25) is 0 Å². The molecular weight excluding hydrogens is 340 g/mol. The maximum absolute atomic E-state index is 5.60. The largest absolute Gasteiger partial charge is 0.333 e. The van der Waals surface area contributed by atoms with Crippen molar-refractivity contribution >= 4 is 27.3 Å². The predicted octanol–water partition coefficient (Wildman–Crippen LogP) is 3.39. The average Bonchev–Trinajstić information content (AvgIpc) is 3.06. The Balaban J connectivity index is 1.97. The van der Waals surface area contributed by atoms with Crippen LogP contribution in [0.4, 0.5) is 0 Å². The molecular formula is C13H11BrN4OS. The Bertz CT molecular complexity index is 735. The normalized spacial score (nSPS) is 10.9. The Kier molecular flexibility index (Phi) is 3.64. The molecule has 0 saturated heterocycles. The number of nitrogens with two attached hydrogens (primary N) is 1. The summed E-state index contributed by atoms with van der Waals surface area (Å²) in [4.78, 5) is 9.66. The van der Waals surface area contributed by atoms with Crippen LogP contribution in [0.25, 0.3) is 22.2 Å². The molecule has 0 saturated carbocycles. The number of nitrogens with zero attached hydrogens (tertiary/aromatic N) is 3. The Labute approximate surface area is 128 Å². The number of rotatable bonds is 3. The zero-order valence-corrected chi connectivity index (χ0v) is 13.0. The molecule has 0 bridgehead atoms. The molecule has 20 heavy (non-hydrogen) atoms. The third kappa shape index (κ3) is 2.52. The van der Waals surface area contributed by atoms with E-state index in [0.717, 1.165) is 25.6 Å². The van der Waals surface area contributed by atoms with E-state index in [4.69, 9.17) is 10.3 Å². The molecule has 5 nitrogen and oxygen atoms in total. The standard InChI is InChI=1S/C13H11BrN4OS/c1-7-11(20-10(6-15)16-7)13-17-12(18-19-13)8-2-4-9(14)5-3-8/h2-5H,6,15H2,1H3. The van der Waals surface area contributed by atoms with Crippen molar-refractivity contribution in [1.29, 1.82) is 0 Å². The maximum Gasteiger partial charge on any atom is 0.270 e. The minimum Gasteiger partial charge on any atom is -0.333 e. The van der Waals surface area contributed by atoms with Gasteiger partial charge in [-0.25, -0.2) is 4.98 Å². The fourth-order valence-corrected chi connectivity index (χ4v) is 2.90. The number of thiazole rings is 1. The van der Waals surface area contributed by atoms with Crippen LogP contribution >= 0.6 is 27.3 Å². The third-order valence-corrected chi connectivity index (χ3v) is 4.43. The number of halogens is 1. The second-order valence-electron chi connectivity index (χ2n) is 4.16. The Hall–Kier alpha value is -1.57. The van der Waals surface area contributed by atoms with Gasteiger partial charge in [0.25, 0.3) is 5.89 Å². The first kappa shape index (κ1) is 13.4. The molecule has 3 rings (SSSR count). The van der Waals surface area contributed by atoms with Gasteiger partial charge in [-0.2, -0.15) is 4.98 Å². The molecule has 0 aliphatic carbocycles.